The van der Waals surface area contributed by atoms with Gasteiger partial charge in [0.15, 0.2) is 0 Å². The van der Waals surface area contributed by atoms with Crippen LogP contribution in [0.3, 0.4) is 0 Å². The van der Waals surface area contributed by atoms with Crippen LogP contribution in [0.5, 0.6) is 0 Å². The minimum Gasteiger partial charge on any atom is -0.314 e. The van der Waals surface area contributed by atoms with Crippen molar-refractivity contribution in [3.8, 4) is 0 Å². The lowest BCUT2D eigenvalue weighted by Gasteiger charge is -2.48. The van der Waals surface area contributed by atoms with Crippen molar-refractivity contribution in [1.29, 1.82) is 0 Å². The van der Waals surface area contributed by atoms with Gasteiger partial charge in [-0.15, -0.1) is 0 Å². The van der Waals surface area contributed by atoms with Crippen molar-refractivity contribution in [2.75, 3.05) is 118 Å². The Balaban J connectivity index is 0.0000000923. The Morgan fingerprint density at radius 3 is 0.625 bits per heavy atom. The molecule has 12 aliphatic heterocycles. The molecule has 0 N–H and O–H groups in total. The first-order valence-corrected chi connectivity index (χ1v) is 17.6. The first-order valence-electron chi connectivity index (χ1n) is 17.6. The molecule has 12 aliphatic rings. The minimum atomic E-state index is -0.299. The Kier molecular flexibility index (Phi) is 6.48. The van der Waals surface area contributed by atoms with E-state index in [-0.39, 0.29) is 72.4 Å². The van der Waals surface area contributed by atoms with Gasteiger partial charge in [0.05, 0.1) is 0 Å². The smallest absolute Gasteiger partial charge is 0.313 e. The van der Waals surface area contributed by atoms with E-state index in [9.17, 15) is 28.8 Å². The number of piperazine rings is 6. The molecule has 6 amide bonds. The second-order valence-corrected chi connectivity index (χ2v) is 14.7. The van der Waals surface area contributed by atoms with Crippen LogP contribution >= 0.6 is 0 Å². The largest absolute Gasteiger partial charge is 0.314 e. The van der Waals surface area contributed by atoms with Crippen LogP contribution in [0, 0.1) is 0 Å². The summed E-state index contributed by atoms with van der Waals surface area (Å²) in [6, 6.07) is 0. The summed E-state index contributed by atoms with van der Waals surface area (Å²) in [5.41, 5.74) is 0. The lowest BCUT2D eigenvalue weighted by Crippen LogP contribution is -2.69. The maximum Gasteiger partial charge on any atom is 0.313 e. The van der Waals surface area contributed by atoms with Crippen LogP contribution in [0.1, 0.15) is 0 Å². The first kappa shape index (κ1) is 29.5. The maximum absolute atomic E-state index is 11.9. The highest BCUT2D eigenvalue weighted by Gasteiger charge is 2.59. The van der Waals surface area contributed by atoms with Gasteiger partial charge in [-0.1, -0.05) is 0 Å². The average molecular weight is 667 g/mol. The van der Waals surface area contributed by atoms with Gasteiger partial charge in [0.2, 0.25) is 0 Å². The second kappa shape index (κ2) is 10.5. The van der Waals surface area contributed by atoms with E-state index in [0.29, 0.717) is 39.3 Å². The lowest BCUT2D eigenvalue weighted by molar-refractivity contribution is -0.169. The van der Waals surface area contributed by atoms with Gasteiger partial charge in [-0.05, 0) is 0 Å². The second-order valence-electron chi connectivity index (χ2n) is 14.7. The fraction of sp³-hybridized carbons (Fsp3) is 0.800. The molecule has 2 atom stereocenters. The van der Waals surface area contributed by atoms with E-state index in [0.717, 1.165) is 78.5 Å². The summed E-state index contributed by atoms with van der Waals surface area (Å²) < 4.78 is 0. The van der Waals surface area contributed by atoms with Gasteiger partial charge in [0, 0.05) is 118 Å². The Morgan fingerprint density at radius 2 is 0.396 bits per heavy atom. The van der Waals surface area contributed by atoms with Gasteiger partial charge in [0.1, 0.15) is 37.0 Å². The summed E-state index contributed by atoms with van der Waals surface area (Å²) in [5, 5.41) is 0. The van der Waals surface area contributed by atoms with Crippen molar-refractivity contribution in [2.24, 2.45) is 0 Å². The summed E-state index contributed by atoms with van der Waals surface area (Å²) in [4.78, 5) is 96.0. The highest BCUT2D eigenvalue weighted by Crippen LogP contribution is 2.36. The van der Waals surface area contributed by atoms with Crippen molar-refractivity contribution in [3.63, 3.8) is 0 Å². The van der Waals surface area contributed by atoms with E-state index in [4.69, 9.17) is 0 Å². The summed E-state index contributed by atoms with van der Waals surface area (Å²) in [6.45, 7) is 16.1. The van der Waals surface area contributed by atoms with Gasteiger partial charge in [-0.25, -0.2) is 0 Å². The molecule has 258 valence electrons. The SMILES string of the molecule is O=C1C(=O)N2CCN3CCN4CCN1C2C43.O=C1C(=O)N2CCN3CCN4CCN1C2C43.O=C1C(=O)N2CCN3CCN4CCN1[C@@H]4[C@H]32. The average Bonchev–Trinajstić information content (AvgIpc) is 3.96. The Morgan fingerprint density at radius 1 is 0.229 bits per heavy atom. The molecule has 0 aromatic carbocycles. The number of amides is 6. The number of nitrogens with zero attached hydrogens (tertiary/aromatic N) is 12. The molecule has 12 heterocycles. The Hall–Kier alpha value is -3.42. The highest BCUT2D eigenvalue weighted by atomic mass is 16.2. The maximum atomic E-state index is 11.9. The molecule has 18 nitrogen and oxygen atoms in total. The summed E-state index contributed by atoms with van der Waals surface area (Å²) in [7, 11) is 0. The molecule has 0 bridgehead atoms. The van der Waals surface area contributed by atoms with E-state index in [1.807, 2.05) is 0 Å². The van der Waals surface area contributed by atoms with Crippen molar-refractivity contribution < 1.29 is 28.8 Å². The summed E-state index contributed by atoms with van der Waals surface area (Å²) in [5.74, 6) is -1.77. The molecule has 0 aromatic rings. The molecule has 0 saturated carbocycles. The van der Waals surface area contributed by atoms with Crippen molar-refractivity contribution >= 4 is 35.4 Å². The summed E-state index contributed by atoms with van der Waals surface area (Å²) in [6.07, 6.45) is 0.758. The fourth-order valence-corrected chi connectivity index (χ4v) is 10.6. The molecular weight excluding hydrogens is 624 g/mol. The summed E-state index contributed by atoms with van der Waals surface area (Å²) >= 11 is 0. The third-order valence-corrected chi connectivity index (χ3v) is 12.9. The zero-order chi connectivity index (χ0) is 32.6. The van der Waals surface area contributed by atoms with E-state index in [1.165, 1.54) is 0 Å². The predicted molar refractivity (Wildman–Crippen MR) is 162 cm³/mol. The van der Waals surface area contributed by atoms with Crippen LogP contribution in [-0.2, 0) is 28.8 Å². The van der Waals surface area contributed by atoms with E-state index in [1.54, 1.807) is 29.4 Å². The van der Waals surface area contributed by atoms with Crippen LogP contribution in [0.25, 0.3) is 0 Å². The number of hydrogen-bond acceptors (Lipinski definition) is 12. The quantitative estimate of drug-likeness (QED) is 0.227. The molecule has 0 unspecified atom stereocenters. The molecule has 0 spiro atoms. The fourth-order valence-electron chi connectivity index (χ4n) is 10.6. The van der Waals surface area contributed by atoms with Crippen LogP contribution < -0.4 is 0 Å². The van der Waals surface area contributed by atoms with Crippen LogP contribution in [0.2, 0.25) is 0 Å². The molecule has 0 aromatic heterocycles. The topological polar surface area (TPSA) is 141 Å². The number of carbonyl (C=O) groups is 6. The standard InChI is InChI=1S/3C10H14N4O2/c15-9-10(16)14-6-4-12-2-1-11-3-5-13(9)7(11)8(12)14;2*15-9-10(16)14-6-4-12-2-1-11-3-5-13(9)8(14)7(11)12/h3*7-8H,1-6H2/t7-,8-;;/m1../s1. The van der Waals surface area contributed by atoms with Crippen LogP contribution in [0.4, 0.5) is 0 Å². The lowest BCUT2D eigenvalue weighted by atomic mass is 10.1. The zero-order valence-corrected chi connectivity index (χ0v) is 27.0. The van der Waals surface area contributed by atoms with Gasteiger partial charge < -0.3 is 29.4 Å². The van der Waals surface area contributed by atoms with E-state index >= 15 is 0 Å². The van der Waals surface area contributed by atoms with Crippen molar-refractivity contribution in [1.82, 2.24) is 58.8 Å². The molecule has 12 rings (SSSR count). The Bertz CT molecular complexity index is 1320. The van der Waals surface area contributed by atoms with Gasteiger partial charge >= 0.3 is 35.4 Å². The van der Waals surface area contributed by atoms with Crippen molar-refractivity contribution in [3.05, 3.63) is 0 Å². The van der Waals surface area contributed by atoms with Gasteiger partial charge in [-0.2, -0.15) is 0 Å². The van der Waals surface area contributed by atoms with Gasteiger partial charge in [-0.3, -0.25) is 58.2 Å². The predicted octanol–water partition coefficient (Wildman–Crippen LogP) is -6.14. The molecule has 0 radical (unpaired) electrons. The van der Waals surface area contributed by atoms with Crippen molar-refractivity contribution in [2.45, 2.75) is 37.0 Å². The molecule has 48 heavy (non-hydrogen) atoms. The molecular formula is C30H42N12O6. The third kappa shape index (κ3) is 3.89. The monoisotopic (exact) mass is 666 g/mol. The molecule has 18 heteroatoms. The number of rotatable bonds is 0. The number of hydrogen-bond donors (Lipinski definition) is 0. The van der Waals surface area contributed by atoms with Crippen LogP contribution in [-0.4, -0.2) is 249 Å². The minimum absolute atomic E-state index is 0.00926. The number of carbonyl (C=O) groups excluding carboxylic acids is 6. The normalized spacial score (nSPS) is 38.5. The van der Waals surface area contributed by atoms with E-state index in [2.05, 4.69) is 29.4 Å². The first-order chi connectivity index (χ1) is 23.3. The third-order valence-electron chi connectivity index (χ3n) is 12.9. The highest BCUT2D eigenvalue weighted by molar-refractivity contribution is 6.37. The van der Waals surface area contributed by atoms with Gasteiger partial charge in [0.25, 0.3) is 0 Å². The molecule has 12 fully saturated rings. The van der Waals surface area contributed by atoms with E-state index < -0.39 is 0 Å². The molecule has 0 aliphatic carbocycles. The molecule has 12 saturated heterocycles. The zero-order valence-electron chi connectivity index (χ0n) is 27.0. The van der Waals surface area contributed by atoms with Crippen LogP contribution in [0.15, 0.2) is 0 Å². The Labute approximate surface area is 277 Å².